The Morgan fingerprint density at radius 2 is 1.61 bits per heavy atom. The Morgan fingerprint density at radius 1 is 0.935 bits per heavy atom. The van der Waals surface area contributed by atoms with Gasteiger partial charge in [-0.2, -0.15) is 0 Å². The molecule has 31 heavy (non-hydrogen) atoms. The third kappa shape index (κ3) is 4.15. The summed E-state index contributed by atoms with van der Waals surface area (Å²) >= 11 is 3.49. The number of amides is 2. The van der Waals surface area contributed by atoms with Gasteiger partial charge in [-0.05, 0) is 35.4 Å². The Balaban J connectivity index is 1.62. The zero-order valence-electron chi connectivity index (χ0n) is 16.3. The number of halogens is 1. The highest BCUT2D eigenvalue weighted by Crippen LogP contribution is 2.32. The molecule has 156 valence electrons. The molecule has 6 nitrogen and oxygen atoms in total. The number of aromatic carboxylic acids is 1. The van der Waals surface area contributed by atoms with Crippen LogP contribution in [0.3, 0.4) is 0 Å². The van der Waals surface area contributed by atoms with Crippen molar-refractivity contribution in [1.82, 2.24) is 4.90 Å². The number of imide groups is 1. The highest BCUT2D eigenvalue weighted by Gasteiger charge is 2.41. The van der Waals surface area contributed by atoms with Gasteiger partial charge in [0.1, 0.15) is 0 Å². The first-order chi connectivity index (χ1) is 15.0. The third-order valence-corrected chi connectivity index (χ3v) is 5.93. The van der Waals surface area contributed by atoms with Gasteiger partial charge in [0, 0.05) is 4.47 Å². The van der Waals surface area contributed by atoms with Gasteiger partial charge < -0.3 is 9.84 Å². The maximum absolute atomic E-state index is 13.1. The molecular weight excluding hydrogens is 462 g/mol. The van der Waals surface area contributed by atoms with Crippen molar-refractivity contribution in [2.45, 2.75) is 12.6 Å². The van der Waals surface area contributed by atoms with Crippen LogP contribution in [0.4, 0.5) is 0 Å². The fourth-order valence-corrected chi connectivity index (χ4v) is 3.97. The summed E-state index contributed by atoms with van der Waals surface area (Å²) in [6, 6.07) is 20.2. The van der Waals surface area contributed by atoms with E-state index in [1.165, 1.54) is 18.2 Å². The molecule has 0 aliphatic carbocycles. The fraction of sp³-hybridized carbons (Fsp3) is 0.125. The van der Waals surface area contributed by atoms with Crippen LogP contribution in [0.5, 0.6) is 0 Å². The van der Waals surface area contributed by atoms with Crippen molar-refractivity contribution in [3.63, 3.8) is 0 Å². The van der Waals surface area contributed by atoms with Gasteiger partial charge in [-0.3, -0.25) is 14.5 Å². The van der Waals surface area contributed by atoms with Gasteiger partial charge in [-0.25, -0.2) is 4.79 Å². The van der Waals surface area contributed by atoms with Crippen molar-refractivity contribution in [3.8, 4) is 0 Å². The van der Waals surface area contributed by atoms with Gasteiger partial charge in [0.15, 0.2) is 0 Å². The van der Waals surface area contributed by atoms with E-state index in [4.69, 9.17) is 4.74 Å². The highest BCUT2D eigenvalue weighted by atomic mass is 79.9. The second-order valence-electron chi connectivity index (χ2n) is 7.08. The van der Waals surface area contributed by atoms with Crippen molar-refractivity contribution in [3.05, 3.63) is 105 Å². The Labute approximate surface area is 187 Å². The molecule has 0 spiro atoms. The zero-order chi connectivity index (χ0) is 22.0. The summed E-state index contributed by atoms with van der Waals surface area (Å²) in [7, 11) is 0. The maximum Gasteiger partial charge on any atom is 0.335 e. The molecule has 1 aliphatic rings. The van der Waals surface area contributed by atoms with E-state index >= 15 is 0 Å². The molecule has 1 aliphatic heterocycles. The number of carbonyl (C=O) groups excluding carboxylic acids is 2. The van der Waals surface area contributed by atoms with Gasteiger partial charge in [-0.1, -0.05) is 64.5 Å². The van der Waals surface area contributed by atoms with Gasteiger partial charge in [0.25, 0.3) is 11.8 Å². The van der Waals surface area contributed by atoms with Crippen LogP contribution in [0.2, 0.25) is 0 Å². The predicted molar refractivity (Wildman–Crippen MR) is 117 cm³/mol. The Morgan fingerprint density at radius 3 is 2.32 bits per heavy atom. The van der Waals surface area contributed by atoms with Gasteiger partial charge in [-0.15, -0.1) is 0 Å². The molecule has 3 aromatic carbocycles. The minimum atomic E-state index is -1.15. The standard InChI is InChI=1S/C24H18BrNO5/c25-20-9-5-4-8-17(20)13-31-14-21(15-6-2-1-3-7-15)26-22(27)18-11-10-16(24(29)30)12-19(18)23(26)28/h1-12,21H,13-14H2,(H,29,30)/t21-/m1/s1. The number of hydrogen-bond donors (Lipinski definition) is 1. The lowest BCUT2D eigenvalue weighted by molar-refractivity contribution is 0.0358. The lowest BCUT2D eigenvalue weighted by Crippen LogP contribution is -2.36. The summed E-state index contributed by atoms with van der Waals surface area (Å²) in [6.07, 6.45) is 0. The lowest BCUT2D eigenvalue weighted by atomic mass is 10.1. The second-order valence-corrected chi connectivity index (χ2v) is 7.93. The van der Waals surface area contributed by atoms with E-state index in [1.54, 1.807) is 0 Å². The SMILES string of the molecule is O=C(O)c1ccc2c(c1)C(=O)N([C@H](COCc1ccccc1Br)c1ccccc1)C2=O. The summed E-state index contributed by atoms with van der Waals surface area (Å²) in [5.74, 6) is -2.14. The average molecular weight is 480 g/mol. The van der Waals surface area contributed by atoms with Crippen LogP contribution in [-0.2, 0) is 11.3 Å². The number of benzene rings is 3. The van der Waals surface area contributed by atoms with Crippen LogP contribution in [0.1, 0.15) is 48.2 Å². The smallest absolute Gasteiger partial charge is 0.335 e. The number of fused-ring (bicyclic) bond motifs is 1. The molecule has 0 radical (unpaired) electrons. The largest absolute Gasteiger partial charge is 0.478 e. The van der Waals surface area contributed by atoms with Crippen molar-refractivity contribution in [2.24, 2.45) is 0 Å². The lowest BCUT2D eigenvalue weighted by Gasteiger charge is -2.26. The molecule has 0 fully saturated rings. The van der Waals surface area contributed by atoms with Crippen molar-refractivity contribution in [2.75, 3.05) is 6.61 Å². The first-order valence-electron chi connectivity index (χ1n) is 9.58. The number of nitrogens with zero attached hydrogens (tertiary/aromatic N) is 1. The average Bonchev–Trinajstić information content (AvgIpc) is 3.03. The Kier molecular flexibility index (Phi) is 5.97. The monoisotopic (exact) mass is 479 g/mol. The summed E-state index contributed by atoms with van der Waals surface area (Å²) < 4.78 is 6.83. The normalized spacial score (nSPS) is 13.9. The first-order valence-corrected chi connectivity index (χ1v) is 10.4. The van der Waals surface area contributed by atoms with Crippen LogP contribution in [-0.4, -0.2) is 34.4 Å². The van der Waals surface area contributed by atoms with Crippen LogP contribution in [0.15, 0.2) is 77.3 Å². The molecule has 0 unspecified atom stereocenters. The molecule has 0 aromatic heterocycles. The van der Waals surface area contributed by atoms with Crippen LogP contribution < -0.4 is 0 Å². The number of hydrogen-bond acceptors (Lipinski definition) is 4. The van der Waals surface area contributed by atoms with E-state index in [0.717, 1.165) is 20.5 Å². The number of carboxylic acids is 1. The van der Waals surface area contributed by atoms with Crippen molar-refractivity contribution < 1.29 is 24.2 Å². The summed E-state index contributed by atoms with van der Waals surface area (Å²) in [5.41, 5.74) is 1.95. The van der Waals surface area contributed by atoms with E-state index in [-0.39, 0.29) is 23.3 Å². The minimum Gasteiger partial charge on any atom is -0.478 e. The molecule has 1 N–H and O–H groups in total. The van der Waals surface area contributed by atoms with Crippen LogP contribution in [0.25, 0.3) is 0 Å². The second kappa shape index (κ2) is 8.83. The summed E-state index contributed by atoms with van der Waals surface area (Å²) in [6.45, 7) is 0.402. The zero-order valence-corrected chi connectivity index (χ0v) is 17.9. The third-order valence-electron chi connectivity index (χ3n) is 5.15. The van der Waals surface area contributed by atoms with Crippen molar-refractivity contribution >= 4 is 33.7 Å². The molecule has 7 heteroatoms. The molecule has 0 saturated carbocycles. The number of carboxylic acid groups (broad SMARTS) is 1. The van der Waals surface area contributed by atoms with E-state index in [1.807, 2.05) is 54.6 Å². The van der Waals surface area contributed by atoms with Crippen LogP contribution >= 0.6 is 15.9 Å². The molecule has 3 aromatic rings. The van der Waals surface area contributed by atoms with E-state index in [0.29, 0.717) is 6.61 Å². The predicted octanol–water partition coefficient (Wildman–Crippen LogP) is 4.70. The molecule has 4 rings (SSSR count). The minimum absolute atomic E-state index is 0.0387. The Hall–Kier alpha value is -3.29. The van der Waals surface area contributed by atoms with Crippen LogP contribution in [0, 0.1) is 0 Å². The number of carbonyl (C=O) groups is 3. The quantitative estimate of drug-likeness (QED) is 0.496. The number of rotatable bonds is 7. The van der Waals surface area contributed by atoms with Gasteiger partial charge >= 0.3 is 5.97 Å². The highest BCUT2D eigenvalue weighted by molar-refractivity contribution is 9.10. The molecule has 1 heterocycles. The molecule has 2 amide bonds. The number of ether oxygens (including phenoxy) is 1. The molecule has 0 saturated heterocycles. The van der Waals surface area contributed by atoms with Gasteiger partial charge in [0.2, 0.25) is 0 Å². The molecule has 1 atom stereocenters. The molecule has 0 bridgehead atoms. The maximum atomic E-state index is 13.1. The summed E-state index contributed by atoms with van der Waals surface area (Å²) in [4.78, 5) is 38.7. The fourth-order valence-electron chi connectivity index (χ4n) is 3.57. The van der Waals surface area contributed by atoms with Gasteiger partial charge in [0.05, 0.1) is 35.9 Å². The van der Waals surface area contributed by atoms with E-state index in [2.05, 4.69) is 15.9 Å². The Bertz CT molecular complexity index is 1160. The molecular formula is C24H18BrNO5. The van der Waals surface area contributed by atoms with E-state index in [9.17, 15) is 19.5 Å². The first kappa shape index (κ1) is 21.0. The van der Waals surface area contributed by atoms with Crippen molar-refractivity contribution in [1.29, 1.82) is 0 Å². The topological polar surface area (TPSA) is 83.9 Å². The summed E-state index contributed by atoms with van der Waals surface area (Å²) in [5, 5.41) is 9.23. The van der Waals surface area contributed by atoms with E-state index < -0.39 is 23.8 Å².